The average molecular weight is 255 g/mol. The van der Waals surface area contributed by atoms with Gasteiger partial charge in [0.25, 0.3) is 0 Å². The van der Waals surface area contributed by atoms with Crippen LogP contribution >= 0.6 is 0 Å². The molecule has 0 amide bonds. The molecule has 3 N–H and O–H groups in total. The van der Waals surface area contributed by atoms with E-state index >= 15 is 0 Å². The molecule has 2 rings (SSSR count). The molecule has 0 spiro atoms. The van der Waals surface area contributed by atoms with E-state index in [4.69, 9.17) is 15.9 Å². The highest BCUT2D eigenvalue weighted by atomic mass is 16.5. The predicted octanol–water partition coefficient (Wildman–Crippen LogP) is 2.51. The summed E-state index contributed by atoms with van der Waals surface area (Å²) >= 11 is 0. The third-order valence-corrected chi connectivity index (χ3v) is 2.85. The second-order valence-electron chi connectivity index (χ2n) is 4.21. The molecule has 0 fully saturated rings. The van der Waals surface area contributed by atoms with E-state index < -0.39 is 0 Å². The quantitative estimate of drug-likeness (QED) is 0.637. The van der Waals surface area contributed by atoms with E-state index in [2.05, 4.69) is 18.0 Å². The predicted molar refractivity (Wildman–Crippen MR) is 75.4 cm³/mol. The van der Waals surface area contributed by atoms with Crippen LogP contribution in [0.2, 0.25) is 0 Å². The maximum atomic E-state index is 7.37. The van der Waals surface area contributed by atoms with Gasteiger partial charge in [-0.1, -0.05) is 25.1 Å². The Morgan fingerprint density at radius 2 is 2.11 bits per heavy atom. The number of amidine groups is 1. The van der Waals surface area contributed by atoms with Crippen LogP contribution in [0.1, 0.15) is 23.7 Å². The number of ether oxygens (including phenoxy) is 1. The van der Waals surface area contributed by atoms with Crippen molar-refractivity contribution in [1.82, 2.24) is 4.98 Å². The Balaban J connectivity index is 2.10. The summed E-state index contributed by atoms with van der Waals surface area (Å²) in [5.41, 5.74) is 8.03. The molecule has 0 radical (unpaired) electrons. The number of para-hydroxylation sites is 1. The highest BCUT2D eigenvalue weighted by molar-refractivity contribution is 5.93. The van der Waals surface area contributed by atoms with Crippen molar-refractivity contribution in [3.63, 3.8) is 0 Å². The number of nitrogen functional groups attached to an aromatic ring is 1. The van der Waals surface area contributed by atoms with Gasteiger partial charge in [-0.25, -0.2) is 0 Å². The molecule has 2 aromatic rings. The topological polar surface area (TPSA) is 72.0 Å². The van der Waals surface area contributed by atoms with Gasteiger partial charge in [0.1, 0.15) is 23.9 Å². The molecule has 1 aromatic carbocycles. The largest absolute Gasteiger partial charge is 0.489 e. The lowest BCUT2D eigenvalue weighted by atomic mass is 10.1. The number of hydrogen-bond acceptors (Lipinski definition) is 3. The van der Waals surface area contributed by atoms with Gasteiger partial charge >= 0.3 is 0 Å². The Morgan fingerprint density at radius 1 is 1.32 bits per heavy atom. The van der Waals surface area contributed by atoms with Gasteiger partial charge in [-0.05, 0) is 35.7 Å². The Morgan fingerprint density at radius 3 is 2.84 bits per heavy atom. The van der Waals surface area contributed by atoms with Crippen LogP contribution in [0.4, 0.5) is 0 Å². The fraction of sp³-hybridized carbons (Fsp3) is 0.200. The number of rotatable bonds is 5. The van der Waals surface area contributed by atoms with Gasteiger partial charge in [0.15, 0.2) is 0 Å². The summed E-state index contributed by atoms with van der Waals surface area (Å²) in [6.45, 7) is 2.54. The van der Waals surface area contributed by atoms with Crippen molar-refractivity contribution in [2.75, 3.05) is 0 Å². The van der Waals surface area contributed by atoms with Gasteiger partial charge < -0.3 is 10.5 Å². The van der Waals surface area contributed by atoms with Crippen molar-refractivity contribution in [3.05, 3.63) is 59.4 Å². The molecule has 0 aliphatic carbocycles. The lowest BCUT2D eigenvalue weighted by Crippen LogP contribution is -2.13. The van der Waals surface area contributed by atoms with E-state index in [9.17, 15) is 0 Å². The first-order chi connectivity index (χ1) is 9.20. The van der Waals surface area contributed by atoms with Crippen molar-refractivity contribution in [1.29, 1.82) is 5.41 Å². The van der Waals surface area contributed by atoms with Crippen LogP contribution < -0.4 is 10.5 Å². The maximum absolute atomic E-state index is 7.37. The smallest absolute Gasteiger partial charge is 0.141 e. The first-order valence-corrected chi connectivity index (χ1v) is 6.20. The third kappa shape index (κ3) is 3.31. The van der Waals surface area contributed by atoms with Crippen LogP contribution in [0.15, 0.2) is 42.6 Å². The van der Waals surface area contributed by atoms with E-state index in [0.717, 1.165) is 17.7 Å². The monoisotopic (exact) mass is 255 g/mol. The standard InChI is InChI=1S/C15H17N3O/c1-2-12-5-3-4-6-14(12)19-10-11-7-8-18-13(9-11)15(16)17/h3-9H,2,10H2,1H3,(H3,16,17). The van der Waals surface area contributed by atoms with E-state index in [1.165, 1.54) is 5.56 Å². The number of aromatic nitrogens is 1. The van der Waals surface area contributed by atoms with Crippen LogP contribution in [0, 0.1) is 5.41 Å². The Hall–Kier alpha value is -2.36. The minimum absolute atomic E-state index is 0.0317. The molecule has 4 heteroatoms. The molecular formula is C15H17N3O. The van der Waals surface area contributed by atoms with Gasteiger partial charge in [-0.3, -0.25) is 10.4 Å². The Bertz CT molecular complexity index is 581. The summed E-state index contributed by atoms with van der Waals surface area (Å²) in [5, 5.41) is 7.37. The molecule has 0 aliphatic rings. The van der Waals surface area contributed by atoms with Gasteiger partial charge in [0, 0.05) is 6.20 Å². The molecule has 0 atom stereocenters. The first kappa shape index (κ1) is 13.1. The fourth-order valence-electron chi connectivity index (χ4n) is 1.81. The number of hydrogen-bond donors (Lipinski definition) is 2. The van der Waals surface area contributed by atoms with E-state index in [1.807, 2.05) is 24.3 Å². The molecule has 0 saturated carbocycles. The van der Waals surface area contributed by atoms with Crippen LogP contribution in [0.3, 0.4) is 0 Å². The van der Waals surface area contributed by atoms with Gasteiger partial charge in [-0.15, -0.1) is 0 Å². The minimum Gasteiger partial charge on any atom is -0.489 e. The van der Waals surface area contributed by atoms with Crippen LogP contribution in [-0.2, 0) is 13.0 Å². The SMILES string of the molecule is CCc1ccccc1OCc1ccnc(C(=N)N)c1. The van der Waals surface area contributed by atoms with Crippen molar-refractivity contribution in [2.45, 2.75) is 20.0 Å². The summed E-state index contributed by atoms with van der Waals surface area (Å²) in [4.78, 5) is 4.02. The lowest BCUT2D eigenvalue weighted by molar-refractivity contribution is 0.303. The average Bonchev–Trinajstić information content (AvgIpc) is 2.45. The second-order valence-corrected chi connectivity index (χ2v) is 4.21. The van der Waals surface area contributed by atoms with Crippen LogP contribution in [0.25, 0.3) is 0 Å². The number of nitrogens with zero attached hydrogens (tertiary/aromatic N) is 1. The normalized spacial score (nSPS) is 10.2. The first-order valence-electron chi connectivity index (χ1n) is 6.20. The molecule has 0 unspecified atom stereocenters. The van der Waals surface area contributed by atoms with Crippen LogP contribution in [0.5, 0.6) is 5.75 Å². The van der Waals surface area contributed by atoms with Gasteiger partial charge in [-0.2, -0.15) is 0 Å². The number of benzene rings is 1. The summed E-state index contributed by atoms with van der Waals surface area (Å²) < 4.78 is 5.81. The van der Waals surface area contributed by atoms with E-state index in [0.29, 0.717) is 12.3 Å². The molecule has 0 saturated heterocycles. The molecule has 1 aromatic heterocycles. The molecule has 19 heavy (non-hydrogen) atoms. The maximum Gasteiger partial charge on any atom is 0.141 e. The minimum atomic E-state index is -0.0317. The van der Waals surface area contributed by atoms with E-state index in [1.54, 1.807) is 12.3 Å². The number of nitrogens with one attached hydrogen (secondary N) is 1. The summed E-state index contributed by atoms with van der Waals surface area (Å²) in [5.74, 6) is 0.863. The fourth-order valence-corrected chi connectivity index (χ4v) is 1.81. The zero-order chi connectivity index (χ0) is 13.7. The summed E-state index contributed by atoms with van der Waals surface area (Å²) in [7, 11) is 0. The van der Waals surface area contributed by atoms with E-state index in [-0.39, 0.29) is 5.84 Å². The third-order valence-electron chi connectivity index (χ3n) is 2.85. The van der Waals surface area contributed by atoms with Crippen molar-refractivity contribution in [3.8, 4) is 5.75 Å². The molecule has 1 heterocycles. The Kier molecular flexibility index (Phi) is 4.13. The molecule has 98 valence electrons. The number of pyridine rings is 1. The van der Waals surface area contributed by atoms with Gasteiger partial charge in [0.2, 0.25) is 0 Å². The zero-order valence-electron chi connectivity index (χ0n) is 10.9. The number of aryl methyl sites for hydroxylation is 1. The van der Waals surface area contributed by atoms with Crippen molar-refractivity contribution >= 4 is 5.84 Å². The van der Waals surface area contributed by atoms with Crippen molar-refractivity contribution in [2.24, 2.45) is 5.73 Å². The molecular weight excluding hydrogens is 238 g/mol. The second kappa shape index (κ2) is 6.00. The summed E-state index contributed by atoms with van der Waals surface area (Å²) in [6, 6.07) is 11.6. The highest BCUT2D eigenvalue weighted by Crippen LogP contribution is 2.19. The van der Waals surface area contributed by atoms with Gasteiger partial charge in [0.05, 0.1) is 0 Å². The molecule has 4 nitrogen and oxygen atoms in total. The summed E-state index contributed by atoms with van der Waals surface area (Å²) in [6.07, 6.45) is 2.58. The lowest BCUT2D eigenvalue weighted by Gasteiger charge is -2.10. The Labute approximate surface area is 112 Å². The number of nitrogens with two attached hydrogens (primary N) is 1. The molecule has 0 aliphatic heterocycles. The molecule has 0 bridgehead atoms. The highest BCUT2D eigenvalue weighted by Gasteiger charge is 2.03. The van der Waals surface area contributed by atoms with Crippen LogP contribution in [-0.4, -0.2) is 10.8 Å². The zero-order valence-corrected chi connectivity index (χ0v) is 10.9. The van der Waals surface area contributed by atoms with Crippen molar-refractivity contribution < 1.29 is 4.74 Å².